The van der Waals surface area contributed by atoms with Crippen LogP contribution in [0.4, 0.5) is 0 Å². The van der Waals surface area contributed by atoms with Gasteiger partial charge < -0.3 is 4.90 Å². The minimum atomic E-state index is 0.174. The number of likely N-dealkylation sites (tertiary alicyclic amines) is 1. The number of carbonyl (C=O) groups is 1. The standard InChI is InChI=1S/C17H18ClNOS/c1-12-4-2-3-11-19(12)17(20)16-10-9-15(21-16)13-5-7-14(18)8-6-13/h5-10,12H,2-4,11H2,1H3/t12-/m0/s1. The van der Waals surface area contributed by atoms with E-state index in [1.807, 2.05) is 41.3 Å². The molecule has 2 nitrogen and oxygen atoms in total. The van der Waals surface area contributed by atoms with Gasteiger partial charge >= 0.3 is 0 Å². The predicted octanol–water partition coefficient (Wildman–Crippen LogP) is 5.08. The first-order valence-corrected chi connectivity index (χ1v) is 8.51. The molecule has 1 saturated heterocycles. The third kappa shape index (κ3) is 3.14. The van der Waals surface area contributed by atoms with Crippen molar-refractivity contribution in [2.45, 2.75) is 32.2 Å². The Balaban J connectivity index is 1.81. The van der Waals surface area contributed by atoms with Crippen molar-refractivity contribution in [3.63, 3.8) is 0 Å². The van der Waals surface area contributed by atoms with Crippen LogP contribution >= 0.6 is 22.9 Å². The summed E-state index contributed by atoms with van der Waals surface area (Å²) in [6.45, 7) is 3.03. The molecule has 0 bridgehead atoms. The summed E-state index contributed by atoms with van der Waals surface area (Å²) in [5.41, 5.74) is 1.11. The molecule has 0 spiro atoms. The number of thiophene rings is 1. The van der Waals surface area contributed by atoms with Crippen LogP contribution in [-0.4, -0.2) is 23.4 Å². The van der Waals surface area contributed by atoms with E-state index in [-0.39, 0.29) is 5.91 Å². The second-order valence-corrected chi connectivity index (χ2v) is 7.03. The molecule has 0 saturated carbocycles. The van der Waals surface area contributed by atoms with E-state index in [4.69, 9.17) is 11.6 Å². The lowest BCUT2D eigenvalue weighted by molar-refractivity contribution is 0.0640. The molecule has 2 aromatic rings. The normalized spacial score (nSPS) is 18.8. The summed E-state index contributed by atoms with van der Waals surface area (Å²) >= 11 is 7.48. The molecule has 3 rings (SSSR count). The summed E-state index contributed by atoms with van der Waals surface area (Å²) in [6, 6.07) is 12.1. The second kappa shape index (κ2) is 6.20. The first-order valence-electron chi connectivity index (χ1n) is 7.32. The molecule has 1 aliphatic rings. The van der Waals surface area contributed by atoms with Gasteiger partial charge in [-0.2, -0.15) is 0 Å². The van der Waals surface area contributed by atoms with Crippen LogP contribution in [0.1, 0.15) is 35.9 Å². The van der Waals surface area contributed by atoms with Crippen molar-refractivity contribution in [1.29, 1.82) is 0 Å². The van der Waals surface area contributed by atoms with Gasteiger partial charge in [0.05, 0.1) is 4.88 Å². The van der Waals surface area contributed by atoms with Gasteiger partial charge in [0.25, 0.3) is 5.91 Å². The molecule has 1 aromatic heterocycles. The molecule has 110 valence electrons. The Kier molecular flexibility index (Phi) is 4.32. The maximum atomic E-state index is 12.6. The van der Waals surface area contributed by atoms with Crippen molar-refractivity contribution < 1.29 is 4.79 Å². The molecule has 0 aliphatic carbocycles. The largest absolute Gasteiger partial charge is 0.335 e. The average molecular weight is 320 g/mol. The number of rotatable bonds is 2. The lowest BCUT2D eigenvalue weighted by atomic mass is 10.0. The monoisotopic (exact) mass is 319 g/mol. The molecule has 21 heavy (non-hydrogen) atoms. The molecule has 4 heteroatoms. The maximum absolute atomic E-state index is 12.6. The van der Waals surface area contributed by atoms with E-state index in [1.54, 1.807) is 11.3 Å². The van der Waals surface area contributed by atoms with Crippen molar-refractivity contribution in [2.75, 3.05) is 6.54 Å². The van der Waals surface area contributed by atoms with Gasteiger partial charge in [0.2, 0.25) is 0 Å². The fraction of sp³-hybridized carbons (Fsp3) is 0.353. The van der Waals surface area contributed by atoms with Gasteiger partial charge in [-0.25, -0.2) is 0 Å². The Morgan fingerprint density at radius 2 is 1.95 bits per heavy atom. The van der Waals surface area contributed by atoms with E-state index in [9.17, 15) is 4.79 Å². The van der Waals surface area contributed by atoms with Crippen molar-refractivity contribution in [3.05, 3.63) is 46.3 Å². The number of benzene rings is 1. The zero-order valence-electron chi connectivity index (χ0n) is 12.0. The summed E-state index contributed by atoms with van der Waals surface area (Å²) in [5, 5.41) is 0.730. The zero-order valence-corrected chi connectivity index (χ0v) is 13.6. The van der Waals surface area contributed by atoms with Gasteiger partial charge in [-0.1, -0.05) is 23.7 Å². The highest BCUT2D eigenvalue weighted by atomic mass is 35.5. The molecule has 1 aliphatic heterocycles. The summed E-state index contributed by atoms with van der Waals surface area (Å²) in [4.78, 5) is 16.6. The molecule has 1 atom stereocenters. The SMILES string of the molecule is C[C@H]1CCCCN1C(=O)c1ccc(-c2ccc(Cl)cc2)s1. The molecule has 1 amide bonds. The molecule has 0 unspecified atom stereocenters. The van der Waals surface area contributed by atoms with Crippen LogP contribution in [0.15, 0.2) is 36.4 Å². The van der Waals surface area contributed by atoms with E-state index in [0.717, 1.165) is 39.7 Å². The topological polar surface area (TPSA) is 20.3 Å². The highest BCUT2D eigenvalue weighted by molar-refractivity contribution is 7.17. The minimum absolute atomic E-state index is 0.174. The van der Waals surface area contributed by atoms with Gasteiger partial charge in [-0.3, -0.25) is 4.79 Å². The highest BCUT2D eigenvalue weighted by Crippen LogP contribution is 2.30. The third-order valence-electron chi connectivity index (χ3n) is 4.01. The molecular weight excluding hydrogens is 302 g/mol. The van der Waals surface area contributed by atoms with E-state index < -0.39 is 0 Å². The van der Waals surface area contributed by atoms with Gasteiger partial charge in [0, 0.05) is 22.5 Å². The second-order valence-electron chi connectivity index (χ2n) is 5.51. The lowest BCUT2D eigenvalue weighted by Gasteiger charge is -2.33. The molecular formula is C17H18ClNOS. The summed E-state index contributed by atoms with van der Waals surface area (Å²) < 4.78 is 0. The Morgan fingerprint density at radius 3 is 2.67 bits per heavy atom. The molecule has 1 fully saturated rings. The van der Waals surface area contributed by atoms with Gasteiger partial charge in [-0.15, -0.1) is 11.3 Å². The van der Waals surface area contributed by atoms with Crippen LogP contribution in [0, 0.1) is 0 Å². The van der Waals surface area contributed by atoms with Crippen LogP contribution in [0.3, 0.4) is 0 Å². The van der Waals surface area contributed by atoms with Crippen molar-refractivity contribution >= 4 is 28.8 Å². The van der Waals surface area contributed by atoms with Crippen LogP contribution in [0.5, 0.6) is 0 Å². The van der Waals surface area contributed by atoms with E-state index in [2.05, 4.69) is 6.92 Å². The summed E-state index contributed by atoms with van der Waals surface area (Å²) in [7, 11) is 0. The quantitative estimate of drug-likeness (QED) is 0.755. The van der Waals surface area contributed by atoms with E-state index in [0.29, 0.717) is 6.04 Å². The van der Waals surface area contributed by atoms with Crippen LogP contribution in [0.2, 0.25) is 5.02 Å². The van der Waals surface area contributed by atoms with Crippen LogP contribution in [-0.2, 0) is 0 Å². The van der Waals surface area contributed by atoms with Crippen molar-refractivity contribution in [2.24, 2.45) is 0 Å². The first-order chi connectivity index (χ1) is 10.1. The van der Waals surface area contributed by atoms with Gasteiger partial charge in [0.1, 0.15) is 0 Å². The molecule has 2 heterocycles. The van der Waals surface area contributed by atoms with E-state index in [1.165, 1.54) is 6.42 Å². The predicted molar refractivity (Wildman–Crippen MR) is 89.1 cm³/mol. The van der Waals surface area contributed by atoms with Crippen molar-refractivity contribution in [1.82, 2.24) is 4.90 Å². The fourth-order valence-electron chi connectivity index (χ4n) is 2.76. The summed E-state index contributed by atoms with van der Waals surface area (Å²) in [5.74, 6) is 0.174. The number of hydrogen-bond acceptors (Lipinski definition) is 2. The van der Waals surface area contributed by atoms with Gasteiger partial charge in [0.15, 0.2) is 0 Å². The fourth-order valence-corrected chi connectivity index (χ4v) is 3.86. The lowest BCUT2D eigenvalue weighted by Crippen LogP contribution is -2.41. The smallest absolute Gasteiger partial charge is 0.264 e. The third-order valence-corrected chi connectivity index (χ3v) is 5.38. The minimum Gasteiger partial charge on any atom is -0.335 e. The molecule has 0 radical (unpaired) electrons. The number of piperidine rings is 1. The number of nitrogens with zero attached hydrogens (tertiary/aromatic N) is 1. The number of halogens is 1. The number of carbonyl (C=O) groups excluding carboxylic acids is 1. The Hall–Kier alpha value is -1.32. The molecule has 1 aromatic carbocycles. The van der Waals surface area contributed by atoms with Crippen molar-refractivity contribution in [3.8, 4) is 10.4 Å². The number of hydrogen-bond donors (Lipinski definition) is 0. The Morgan fingerprint density at radius 1 is 1.19 bits per heavy atom. The molecule has 0 N–H and O–H groups in total. The summed E-state index contributed by atoms with van der Waals surface area (Å²) in [6.07, 6.45) is 3.46. The van der Waals surface area contributed by atoms with Crippen LogP contribution in [0.25, 0.3) is 10.4 Å². The Bertz CT molecular complexity index is 634. The number of amides is 1. The highest BCUT2D eigenvalue weighted by Gasteiger charge is 2.25. The van der Waals surface area contributed by atoms with Gasteiger partial charge in [-0.05, 0) is 56.0 Å². The maximum Gasteiger partial charge on any atom is 0.264 e. The average Bonchev–Trinajstić information content (AvgIpc) is 2.98. The van der Waals surface area contributed by atoms with Crippen LogP contribution < -0.4 is 0 Å². The zero-order chi connectivity index (χ0) is 14.8. The Labute approximate surface area is 134 Å². The van der Waals surface area contributed by atoms with E-state index >= 15 is 0 Å². The first kappa shape index (κ1) is 14.6.